The van der Waals surface area contributed by atoms with Crippen molar-refractivity contribution in [2.75, 3.05) is 13.2 Å². The summed E-state index contributed by atoms with van der Waals surface area (Å²) in [5, 5.41) is 25.3. The number of amides is 1. The van der Waals surface area contributed by atoms with Crippen molar-refractivity contribution in [1.82, 2.24) is 5.43 Å². The summed E-state index contributed by atoms with van der Waals surface area (Å²) in [6.07, 6.45) is 1.05. The van der Waals surface area contributed by atoms with E-state index in [-0.39, 0.29) is 31.0 Å². The molecule has 0 unspecified atom stereocenters. The van der Waals surface area contributed by atoms with Crippen molar-refractivity contribution in [1.29, 1.82) is 0 Å². The number of nitro groups is 1. The van der Waals surface area contributed by atoms with Crippen LogP contribution in [0.5, 0.6) is 17.2 Å². The van der Waals surface area contributed by atoms with E-state index in [9.17, 15) is 20.0 Å². The summed E-state index contributed by atoms with van der Waals surface area (Å²) < 4.78 is 16.9. The average molecular weight is 522 g/mol. The molecule has 10 heteroatoms. The van der Waals surface area contributed by atoms with Gasteiger partial charge in [0.25, 0.3) is 5.69 Å². The lowest BCUT2D eigenvalue weighted by Crippen LogP contribution is -2.18. The van der Waals surface area contributed by atoms with Gasteiger partial charge in [-0.1, -0.05) is 24.3 Å². The number of nitro benzene ring substituents is 1. The van der Waals surface area contributed by atoms with Gasteiger partial charge in [0.15, 0.2) is 11.5 Å². The van der Waals surface area contributed by atoms with Crippen LogP contribution in [0, 0.1) is 10.1 Å². The van der Waals surface area contributed by atoms with E-state index < -0.39 is 11.0 Å². The summed E-state index contributed by atoms with van der Waals surface area (Å²) in [7, 11) is 0. The first-order valence-electron chi connectivity index (χ1n) is 12.2. The molecule has 0 aliphatic rings. The highest BCUT2D eigenvalue weighted by Gasteiger charge is 2.12. The van der Waals surface area contributed by atoms with Crippen molar-refractivity contribution in [2.24, 2.45) is 5.10 Å². The van der Waals surface area contributed by atoms with Gasteiger partial charge in [0.2, 0.25) is 5.91 Å². The van der Waals surface area contributed by atoms with E-state index in [1.54, 1.807) is 54.6 Å². The largest absolute Gasteiger partial charge is 0.494 e. The molecule has 1 atom stereocenters. The lowest BCUT2D eigenvalue weighted by Gasteiger charge is -2.13. The predicted molar refractivity (Wildman–Crippen MR) is 143 cm³/mol. The zero-order chi connectivity index (χ0) is 27.3. The molecule has 0 heterocycles. The van der Waals surface area contributed by atoms with Crippen LogP contribution < -0.4 is 19.6 Å². The SMILES string of the molecule is CCOc1ccc([C@H](O)CCC(=O)N/N=C\c2ccc(OCc3cccc([N+](=O)[O-])c3)c(OCC)c2)cc1. The minimum atomic E-state index is -0.774. The zero-order valence-corrected chi connectivity index (χ0v) is 21.3. The maximum absolute atomic E-state index is 12.2. The van der Waals surface area contributed by atoms with E-state index in [1.807, 2.05) is 13.8 Å². The molecule has 3 rings (SSSR count). The molecule has 10 nitrogen and oxygen atoms in total. The topological polar surface area (TPSA) is 133 Å². The van der Waals surface area contributed by atoms with Gasteiger partial charge in [-0.2, -0.15) is 5.10 Å². The molecular weight excluding hydrogens is 490 g/mol. The Labute approximate surface area is 221 Å². The van der Waals surface area contributed by atoms with Crippen molar-refractivity contribution in [3.63, 3.8) is 0 Å². The molecule has 3 aromatic rings. The number of nitrogens with one attached hydrogen (secondary N) is 1. The first kappa shape index (κ1) is 28.1. The standard InChI is InChI=1S/C28H31N3O7/c1-3-36-24-11-9-22(10-12-24)25(32)13-15-28(33)30-29-18-20-8-14-26(27(17-20)37-4-2)38-19-21-6-5-7-23(16-21)31(34)35/h5-12,14,16-18,25,32H,3-4,13,15,19H2,1-2H3,(H,30,33)/b29-18-/t25-/m1/s1. The summed E-state index contributed by atoms with van der Waals surface area (Å²) in [6.45, 7) is 4.84. The van der Waals surface area contributed by atoms with Crippen LogP contribution in [0.1, 0.15) is 49.5 Å². The second-order valence-corrected chi connectivity index (χ2v) is 8.20. The molecule has 3 aromatic carbocycles. The number of aliphatic hydroxyl groups is 1. The fourth-order valence-corrected chi connectivity index (χ4v) is 3.54. The Kier molecular flexibility index (Phi) is 10.6. The highest BCUT2D eigenvalue weighted by atomic mass is 16.6. The predicted octanol–water partition coefficient (Wildman–Crippen LogP) is 4.94. The number of carbonyl (C=O) groups excluding carboxylic acids is 1. The number of aliphatic hydroxyl groups excluding tert-OH is 1. The van der Waals surface area contributed by atoms with Gasteiger partial charge < -0.3 is 19.3 Å². The number of rotatable bonds is 14. The first-order chi connectivity index (χ1) is 18.4. The van der Waals surface area contributed by atoms with Crippen molar-refractivity contribution in [2.45, 2.75) is 39.4 Å². The molecule has 0 aromatic heterocycles. The van der Waals surface area contributed by atoms with Crippen molar-refractivity contribution >= 4 is 17.8 Å². The second kappa shape index (κ2) is 14.3. The number of benzene rings is 3. The summed E-state index contributed by atoms with van der Waals surface area (Å²) in [6, 6.07) is 18.5. The van der Waals surface area contributed by atoms with E-state index in [2.05, 4.69) is 10.5 Å². The molecule has 0 bridgehead atoms. The molecule has 0 saturated heterocycles. The van der Waals surface area contributed by atoms with E-state index in [0.717, 1.165) is 5.75 Å². The maximum Gasteiger partial charge on any atom is 0.269 e. The summed E-state index contributed by atoms with van der Waals surface area (Å²) >= 11 is 0. The van der Waals surface area contributed by atoms with Crippen LogP contribution in [-0.4, -0.2) is 35.4 Å². The van der Waals surface area contributed by atoms with Gasteiger partial charge in [-0.25, -0.2) is 5.43 Å². The normalized spacial score (nSPS) is 11.7. The monoisotopic (exact) mass is 521 g/mol. The fraction of sp³-hybridized carbons (Fsp3) is 0.286. The molecule has 0 aliphatic heterocycles. The van der Waals surface area contributed by atoms with Crippen molar-refractivity contribution in [3.05, 3.63) is 93.5 Å². The van der Waals surface area contributed by atoms with E-state index in [4.69, 9.17) is 14.2 Å². The highest BCUT2D eigenvalue weighted by Crippen LogP contribution is 2.29. The molecule has 38 heavy (non-hydrogen) atoms. The quantitative estimate of drug-likeness (QED) is 0.174. The molecule has 200 valence electrons. The molecule has 2 N–H and O–H groups in total. The number of hydrogen-bond acceptors (Lipinski definition) is 8. The third-order valence-corrected chi connectivity index (χ3v) is 5.41. The summed E-state index contributed by atoms with van der Waals surface area (Å²) in [4.78, 5) is 22.7. The number of carbonyl (C=O) groups is 1. The second-order valence-electron chi connectivity index (χ2n) is 8.20. The lowest BCUT2D eigenvalue weighted by molar-refractivity contribution is -0.384. The van der Waals surface area contributed by atoms with Gasteiger partial charge in [-0.15, -0.1) is 0 Å². The van der Waals surface area contributed by atoms with Crippen LogP contribution in [-0.2, 0) is 11.4 Å². The summed E-state index contributed by atoms with van der Waals surface area (Å²) in [5.74, 6) is 1.35. The number of nitrogens with zero attached hydrogens (tertiary/aromatic N) is 2. The number of ether oxygens (including phenoxy) is 3. The maximum atomic E-state index is 12.2. The molecule has 0 spiro atoms. The Morgan fingerprint density at radius 2 is 1.79 bits per heavy atom. The van der Waals surface area contributed by atoms with Crippen LogP contribution in [0.15, 0.2) is 71.8 Å². The van der Waals surface area contributed by atoms with Gasteiger partial charge in [-0.05, 0) is 67.3 Å². The van der Waals surface area contributed by atoms with Crippen LogP contribution in [0.2, 0.25) is 0 Å². The minimum absolute atomic E-state index is 0.00425. The first-order valence-corrected chi connectivity index (χ1v) is 12.2. The fourth-order valence-electron chi connectivity index (χ4n) is 3.54. The molecule has 0 radical (unpaired) electrons. The molecule has 1 amide bonds. The summed E-state index contributed by atoms with van der Waals surface area (Å²) in [5.41, 5.74) is 4.50. The van der Waals surface area contributed by atoms with Gasteiger partial charge in [0, 0.05) is 18.6 Å². The van der Waals surface area contributed by atoms with Crippen LogP contribution in [0.25, 0.3) is 0 Å². The Morgan fingerprint density at radius 1 is 1.03 bits per heavy atom. The molecular formula is C28H31N3O7. The van der Waals surface area contributed by atoms with E-state index >= 15 is 0 Å². The number of hydrogen-bond donors (Lipinski definition) is 2. The molecule has 0 aliphatic carbocycles. The Hall–Kier alpha value is -4.44. The Morgan fingerprint density at radius 3 is 2.50 bits per heavy atom. The van der Waals surface area contributed by atoms with Crippen LogP contribution >= 0.6 is 0 Å². The van der Waals surface area contributed by atoms with Gasteiger partial charge >= 0.3 is 0 Å². The Balaban J connectivity index is 1.52. The molecule has 0 saturated carbocycles. The third-order valence-electron chi connectivity index (χ3n) is 5.41. The number of non-ortho nitro benzene ring substituents is 1. The zero-order valence-electron chi connectivity index (χ0n) is 21.3. The highest BCUT2D eigenvalue weighted by molar-refractivity contribution is 5.83. The smallest absolute Gasteiger partial charge is 0.269 e. The average Bonchev–Trinajstić information content (AvgIpc) is 2.92. The van der Waals surface area contributed by atoms with Gasteiger partial charge in [0.1, 0.15) is 12.4 Å². The van der Waals surface area contributed by atoms with E-state index in [1.165, 1.54) is 18.3 Å². The number of hydrazone groups is 1. The van der Waals surface area contributed by atoms with E-state index in [0.29, 0.717) is 41.4 Å². The van der Waals surface area contributed by atoms with Crippen molar-refractivity contribution < 1.29 is 29.0 Å². The lowest BCUT2D eigenvalue weighted by atomic mass is 10.0. The Bertz CT molecular complexity index is 1250. The van der Waals surface area contributed by atoms with Crippen LogP contribution in [0.3, 0.4) is 0 Å². The van der Waals surface area contributed by atoms with Gasteiger partial charge in [-0.3, -0.25) is 14.9 Å². The van der Waals surface area contributed by atoms with Crippen molar-refractivity contribution in [3.8, 4) is 17.2 Å². The minimum Gasteiger partial charge on any atom is -0.494 e. The molecule has 0 fully saturated rings. The van der Waals surface area contributed by atoms with Crippen LogP contribution in [0.4, 0.5) is 5.69 Å². The van der Waals surface area contributed by atoms with Gasteiger partial charge in [0.05, 0.1) is 30.5 Å². The third kappa shape index (κ3) is 8.59.